The molecule has 1 heteroatoms. The standard InChI is InChI=1S/C12H13N/c1-3-12(2,10-13)9-11-7-5-4-6-8-11/h3-8H,1,9H2,2H3. The van der Waals surface area contributed by atoms with E-state index in [4.69, 9.17) is 5.26 Å². The predicted molar refractivity (Wildman–Crippen MR) is 54.1 cm³/mol. The lowest BCUT2D eigenvalue weighted by Gasteiger charge is -2.15. The van der Waals surface area contributed by atoms with Crippen molar-refractivity contribution >= 4 is 0 Å². The fourth-order valence-corrected chi connectivity index (χ4v) is 1.18. The van der Waals surface area contributed by atoms with Gasteiger partial charge in [0.05, 0.1) is 11.5 Å². The molecule has 0 spiro atoms. The molecule has 1 rings (SSSR count). The first-order valence-electron chi connectivity index (χ1n) is 4.29. The van der Waals surface area contributed by atoms with Crippen molar-refractivity contribution in [3.8, 4) is 6.07 Å². The van der Waals surface area contributed by atoms with E-state index in [-0.39, 0.29) is 0 Å². The van der Waals surface area contributed by atoms with E-state index in [0.717, 1.165) is 6.42 Å². The molecule has 66 valence electrons. The normalized spacial score (nSPS) is 14.2. The number of rotatable bonds is 3. The molecule has 0 aliphatic heterocycles. The first-order valence-corrected chi connectivity index (χ1v) is 4.29. The smallest absolute Gasteiger partial charge is 0.0763 e. The number of nitrogens with zero attached hydrogens (tertiary/aromatic N) is 1. The van der Waals surface area contributed by atoms with Crippen molar-refractivity contribution < 1.29 is 0 Å². The highest BCUT2D eigenvalue weighted by Crippen LogP contribution is 2.22. The Hall–Kier alpha value is -1.55. The second-order valence-electron chi connectivity index (χ2n) is 3.40. The number of hydrogen-bond acceptors (Lipinski definition) is 1. The summed E-state index contributed by atoms with van der Waals surface area (Å²) in [5.41, 5.74) is 0.730. The molecular formula is C12H13N. The molecular weight excluding hydrogens is 158 g/mol. The summed E-state index contributed by atoms with van der Waals surface area (Å²) in [7, 11) is 0. The maximum atomic E-state index is 8.93. The van der Waals surface area contributed by atoms with Crippen LogP contribution >= 0.6 is 0 Å². The topological polar surface area (TPSA) is 23.8 Å². The minimum atomic E-state index is -0.443. The number of benzene rings is 1. The Morgan fingerprint density at radius 1 is 1.46 bits per heavy atom. The highest BCUT2D eigenvalue weighted by Gasteiger charge is 2.19. The third-order valence-corrected chi connectivity index (χ3v) is 2.12. The van der Waals surface area contributed by atoms with E-state index in [2.05, 4.69) is 12.6 Å². The molecule has 0 radical (unpaired) electrons. The van der Waals surface area contributed by atoms with Crippen molar-refractivity contribution in [3.63, 3.8) is 0 Å². The SMILES string of the molecule is C=CC(C)(C#N)Cc1ccccc1. The third kappa shape index (κ3) is 2.45. The van der Waals surface area contributed by atoms with Crippen molar-refractivity contribution in [3.05, 3.63) is 48.6 Å². The molecule has 0 bridgehead atoms. The summed E-state index contributed by atoms with van der Waals surface area (Å²) in [5, 5.41) is 8.93. The molecule has 0 aliphatic rings. The third-order valence-electron chi connectivity index (χ3n) is 2.12. The van der Waals surface area contributed by atoms with Crippen LogP contribution in [0, 0.1) is 16.7 Å². The van der Waals surface area contributed by atoms with Crippen LogP contribution in [0.5, 0.6) is 0 Å². The summed E-state index contributed by atoms with van der Waals surface area (Å²) in [6.07, 6.45) is 2.44. The molecule has 0 amide bonds. The van der Waals surface area contributed by atoms with Gasteiger partial charge in [-0.15, -0.1) is 6.58 Å². The Morgan fingerprint density at radius 2 is 2.08 bits per heavy atom. The van der Waals surface area contributed by atoms with Crippen molar-refractivity contribution in [1.82, 2.24) is 0 Å². The summed E-state index contributed by atoms with van der Waals surface area (Å²) in [4.78, 5) is 0. The molecule has 0 saturated carbocycles. The summed E-state index contributed by atoms with van der Waals surface area (Å²) in [6.45, 7) is 5.57. The molecule has 0 N–H and O–H groups in total. The molecule has 0 saturated heterocycles. The maximum absolute atomic E-state index is 8.93. The Kier molecular flexibility index (Phi) is 2.87. The average Bonchev–Trinajstić information content (AvgIpc) is 2.19. The monoisotopic (exact) mass is 171 g/mol. The van der Waals surface area contributed by atoms with Gasteiger partial charge in [-0.3, -0.25) is 0 Å². The van der Waals surface area contributed by atoms with Crippen LogP contribution in [0.4, 0.5) is 0 Å². The molecule has 1 atom stereocenters. The van der Waals surface area contributed by atoms with Gasteiger partial charge < -0.3 is 0 Å². The van der Waals surface area contributed by atoms with Crippen LogP contribution in [0.15, 0.2) is 43.0 Å². The van der Waals surface area contributed by atoms with Gasteiger partial charge in [0.2, 0.25) is 0 Å². The van der Waals surface area contributed by atoms with E-state index in [1.807, 2.05) is 37.3 Å². The van der Waals surface area contributed by atoms with E-state index < -0.39 is 5.41 Å². The van der Waals surface area contributed by atoms with Crippen molar-refractivity contribution in [2.45, 2.75) is 13.3 Å². The number of nitriles is 1. The van der Waals surface area contributed by atoms with Gasteiger partial charge in [-0.1, -0.05) is 36.4 Å². The van der Waals surface area contributed by atoms with Gasteiger partial charge in [-0.2, -0.15) is 5.26 Å². The Labute approximate surface area is 79.3 Å². The first kappa shape index (κ1) is 9.54. The molecule has 0 aromatic heterocycles. The van der Waals surface area contributed by atoms with Crippen molar-refractivity contribution in [1.29, 1.82) is 5.26 Å². The highest BCUT2D eigenvalue weighted by molar-refractivity contribution is 5.21. The second-order valence-corrected chi connectivity index (χ2v) is 3.40. The van der Waals surface area contributed by atoms with Crippen molar-refractivity contribution in [2.24, 2.45) is 5.41 Å². The van der Waals surface area contributed by atoms with Gasteiger partial charge in [0.1, 0.15) is 0 Å². The van der Waals surface area contributed by atoms with Gasteiger partial charge in [0.15, 0.2) is 0 Å². The fourth-order valence-electron chi connectivity index (χ4n) is 1.18. The number of allylic oxidation sites excluding steroid dienone is 1. The minimum Gasteiger partial charge on any atom is -0.197 e. The van der Waals surface area contributed by atoms with E-state index >= 15 is 0 Å². The van der Waals surface area contributed by atoms with E-state index in [1.54, 1.807) is 6.08 Å². The van der Waals surface area contributed by atoms with E-state index in [9.17, 15) is 0 Å². The van der Waals surface area contributed by atoms with Crippen LogP contribution < -0.4 is 0 Å². The fraction of sp³-hybridized carbons (Fsp3) is 0.250. The molecule has 13 heavy (non-hydrogen) atoms. The van der Waals surface area contributed by atoms with Crippen molar-refractivity contribution in [2.75, 3.05) is 0 Å². The van der Waals surface area contributed by atoms with Crippen LogP contribution in [0.2, 0.25) is 0 Å². The maximum Gasteiger partial charge on any atom is 0.0763 e. The lowest BCUT2D eigenvalue weighted by Crippen LogP contribution is -2.13. The van der Waals surface area contributed by atoms with Crippen LogP contribution in [0.25, 0.3) is 0 Å². The van der Waals surface area contributed by atoms with Crippen LogP contribution in [0.1, 0.15) is 12.5 Å². The van der Waals surface area contributed by atoms with Gasteiger partial charge >= 0.3 is 0 Å². The molecule has 0 aliphatic carbocycles. The van der Waals surface area contributed by atoms with Gasteiger partial charge in [-0.25, -0.2) is 0 Å². The predicted octanol–water partition coefficient (Wildman–Crippen LogP) is 2.94. The molecule has 0 fully saturated rings. The van der Waals surface area contributed by atoms with E-state index in [0.29, 0.717) is 0 Å². The van der Waals surface area contributed by atoms with E-state index in [1.165, 1.54) is 5.56 Å². The largest absolute Gasteiger partial charge is 0.197 e. The quantitative estimate of drug-likeness (QED) is 0.641. The zero-order chi connectivity index (χ0) is 9.73. The molecule has 0 heterocycles. The summed E-state index contributed by atoms with van der Waals surface area (Å²) < 4.78 is 0. The minimum absolute atomic E-state index is 0.443. The Bertz CT molecular complexity index is 321. The van der Waals surface area contributed by atoms with Crippen LogP contribution in [0.3, 0.4) is 0 Å². The van der Waals surface area contributed by atoms with Gasteiger partial charge in [0, 0.05) is 0 Å². The molecule has 1 nitrogen and oxygen atoms in total. The van der Waals surface area contributed by atoms with Gasteiger partial charge in [-0.05, 0) is 18.9 Å². The van der Waals surface area contributed by atoms with Crippen LogP contribution in [-0.4, -0.2) is 0 Å². The lowest BCUT2D eigenvalue weighted by atomic mass is 9.85. The molecule has 1 unspecified atom stereocenters. The summed E-state index contributed by atoms with van der Waals surface area (Å²) in [5.74, 6) is 0. The summed E-state index contributed by atoms with van der Waals surface area (Å²) in [6, 6.07) is 12.3. The second kappa shape index (κ2) is 3.91. The molecule has 1 aromatic rings. The van der Waals surface area contributed by atoms with Crippen LogP contribution in [-0.2, 0) is 6.42 Å². The van der Waals surface area contributed by atoms with Gasteiger partial charge in [0.25, 0.3) is 0 Å². The summed E-state index contributed by atoms with van der Waals surface area (Å²) >= 11 is 0. The molecule has 1 aromatic carbocycles. The first-order chi connectivity index (χ1) is 6.20. The zero-order valence-electron chi connectivity index (χ0n) is 7.83. The Balaban J connectivity index is 2.81. The Morgan fingerprint density at radius 3 is 2.54 bits per heavy atom. The average molecular weight is 171 g/mol. The zero-order valence-corrected chi connectivity index (χ0v) is 7.83. The lowest BCUT2D eigenvalue weighted by molar-refractivity contribution is 0.566. The number of hydrogen-bond donors (Lipinski definition) is 0. The highest BCUT2D eigenvalue weighted by atomic mass is 14.3.